The summed E-state index contributed by atoms with van der Waals surface area (Å²) in [5, 5.41) is 103. The van der Waals surface area contributed by atoms with E-state index in [1.54, 1.807) is 93.6 Å². The molecule has 0 radical (unpaired) electrons. The van der Waals surface area contributed by atoms with Gasteiger partial charge in [-0.15, -0.1) is 17.8 Å². The van der Waals surface area contributed by atoms with E-state index in [4.69, 9.17) is 0 Å². The summed E-state index contributed by atoms with van der Waals surface area (Å²) in [6.45, 7) is 9.84. The van der Waals surface area contributed by atoms with Crippen LogP contribution in [0.2, 0.25) is 0 Å². The number of phenols is 9. The molecule has 0 aromatic heterocycles. The van der Waals surface area contributed by atoms with Crippen LogP contribution in [-0.2, 0) is 0 Å². The molecule has 0 amide bonds. The highest BCUT2D eigenvalue weighted by atomic mass is 16.3. The molecule has 18 bridgehead atoms. The summed E-state index contributed by atoms with van der Waals surface area (Å²) < 4.78 is 0. The Kier molecular flexibility index (Phi) is 20.2. The molecular weight excluding hydrogens is 1340 g/mol. The van der Waals surface area contributed by atoms with E-state index in [2.05, 4.69) is 107 Å². The lowest BCUT2D eigenvalue weighted by molar-refractivity contribution is 0.417. The zero-order chi connectivity index (χ0) is 75.7. The number of benzene rings is 12. The quantitative estimate of drug-likeness (QED) is 0.0762. The Labute approximate surface area is 626 Å². The normalized spacial score (nSPS) is 11.1. The lowest BCUT2D eigenvalue weighted by Gasteiger charge is -2.25. The Morgan fingerprint density at radius 1 is 0.194 bits per heavy atom. The predicted molar refractivity (Wildman–Crippen MR) is 425 cm³/mol. The third-order valence-corrected chi connectivity index (χ3v) is 17.9. The van der Waals surface area contributed by atoms with Crippen LogP contribution in [0.25, 0.3) is 0 Å². The largest absolute Gasteiger partial charge is 0.506 e. The van der Waals surface area contributed by atoms with Crippen molar-refractivity contribution in [3.8, 4) is 158 Å². The van der Waals surface area contributed by atoms with Gasteiger partial charge in [-0.25, -0.2) is 0 Å². The molecule has 7 aliphatic rings. The van der Waals surface area contributed by atoms with Gasteiger partial charge in [-0.2, -0.15) is 0 Å². The van der Waals surface area contributed by atoms with Crippen LogP contribution < -0.4 is 14.7 Å². The van der Waals surface area contributed by atoms with Gasteiger partial charge in [0.2, 0.25) is 0 Å². The topological polar surface area (TPSA) is 192 Å². The molecule has 9 N–H and O–H groups in total. The number of anilines is 9. The van der Waals surface area contributed by atoms with E-state index in [0.29, 0.717) is 33.4 Å². The van der Waals surface area contributed by atoms with Gasteiger partial charge < -0.3 is 60.7 Å². The first-order valence-corrected chi connectivity index (χ1v) is 33.9. The zero-order valence-electron chi connectivity index (χ0n) is 59.2. The van der Waals surface area contributed by atoms with Gasteiger partial charge in [0.25, 0.3) is 0 Å². The Bertz CT molecular complexity index is 5330. The van der Waals surface area contributed by atoms with Crippen molar-refractivity contribution in [1.29, 1.82) is 0 Å². The molecule has 0 aliphatic carbocycles. The minimum Gasteiger partial charge on any atom is -0.506 e. The second kappa shape index (κ2) is 30.9. The first kappa shape index (κ1) is 70.7. The highest BCUT2D eigenvalue weighted by Crippen LogP contribution is 2.45. The molecule has 7 aliphatic heterocycles. The van der Waals surface area contributed by atoms with E-state index in [1.165, 1.54) is 20.8 Å². The average Bonchev–Trinajstić information content (AvgIpc) is 0.813. The molecule has 0 fully saturated rings. The van der Waals surface area contributed by atoms with Crippen LogP contribution in [0.5, 0.6) is 51.7 Å². The monoisotopic (exact) mass is 1400 g/mol. The Morgan fingerprint density at radius 2 is 0.333 bits per heavy atom. The highest BCUT2D eigenvalue weighted by molar-refractivity contribution is 5.83. The van der Waals surface area contributed by atoms with Crippen molar-refractivity contribution >= 4 is 51.2 Å². The van der Waals surface area contributed by atoms with E-state index >= 15 is 0 Å². The van der Waals surface area contributed by atoms with E-state index in [0.717, 1.165) is 67.9 Å². The highest BCUT2D eigenvalue weighted by Gasteiger charge is 2.24. The van der Waals surface area contributed by atoms with Gasteiger partial charge in [-0.3, -0.25) is 0 Å². The van der Waals surface area contributed by atoms with Gasteiger partial charge in [-0.1, -0.05) is 88.8 Å². The molecule has 19 rings (SSSR count). The molecule has 0 unspecified atom stereocenters. The summed E-state index contributed by atoms with van der Waals surface area (Å²) >= 11 is 0. The van der Waals surface area contributed by atoms with E-state index in [9.17, 15) is 46.0 Å². The molecule has 0 spiro atoms. The molecule has 12 aromatic carbocycles. The fourth-order valence-corrected chi connectivity index (χ4v) is 12.0. The molecule has 7 heterocycles. The van der Waals surface area contributed by atoms with Crippen molar-refractivity contribution < 1.29 is 46.0 Å². The van der Waals surface area contributed by atoms with Gasteiger partial charge in [0.05, 0.1) is 0 Å². The molecule has 12 nitrogen and oxygen atoms in total. The van der Waals surface area contributed by atoms with E-state index in [-0.39, 0.29) is 50.1 Å². The summed E-state index contributed by atoms with van der Waals surface area (Å²) in [6, 6.07) is 67.5. The molecule has 0 saturated heterocycles. The maximum atomic E-state index is 11.7. The van der Waals surface area contributed by atoms with Crippen LogP contribution in [0.3, 0.4) is 0 Å². The summed E-state index contributed by atoms with van der Waals surface area (Å²) in [4.78, 5) is 6.07. The minimum atomic E-state index is -0.504. The second-order valence-corrected chi connectivity index (χ2v) is 24.8. The van der Waals surface area contributed by atoms with E-state index < -0.39 is 51.7 Å². The van der Waals surface area contributed by atoms with Crippen molar-refractivity contribution in [2.45, 2.75) is 41.5 Å². The summed E-state index contributed by atoms with van der Waals surface area (Å²) in [5.41, 5.74) is 12.1. The van der Waals surface area contributed by atoms with Crippen molar-refractivity contribution in [2.75, 3.05) is 14.7 Å². The maximum Gasteiger partial charge on any atom is 0.154 e. The zero-order valence-corrected chi connectivity index (χ0v) is 59.2. The lowest BCUT2D eigenvalue weighted by atomic mass is 10.0. The fourth-order valence-electron chi connectivity index (χ4n) is 12.0. The van der Waals surface area contributed by atoms with E-state index in [1.807, 2.05) is 160 Å². The molecule has 12 heteroatoms. The van der Waals surface area contributed by atoms with Crippen LogP contribution in [0, 0.1) is 127 Å². The van der Waals surface area contributed by atoms with Crippen LogP contribution in [0.1, 0.15) is 121 Å². The van der Waals surface area contributed by atoms with Gasteiger partial charge >= 0.3 is 0 Å². The summed E-state index contributed by atoms with van der Waals surface area (Å²) in [6.07, 6.45) is 0. The lowest BCUT2D eigenvalue weighted by Crippen LogP contribution is -2.10. The first-order chi connectivity index (χ1) is 52.4. The number of hydrogen-bond acceptors (Lipinski definition) is 12. The number of fused-ring (bicyclic) bond motifs is 6. The Morgan fingerprint density at radius 3 is 0.472 bits per heavy atom. The molecular formula is C96H63N3O9. The van der Waals surface area contributed by atoms with Crippen LogP contribution in [-0.4, -0.2) is 46.0 Å². The number of phenolic OH excluding ortho intramolecular Hbond substituents is 9. The van der Waals surface area contributed by atoms with Gasteiger partial charge in [0.1, 0.15) is 67.9 Å². The van der Waals surface area contributed by atoms with Crippen LogP contribution in [0.15, 0.2) is 218 Å². The minimum absolute atomic E-state index is 0.0708. The maximum absolute atomic E-state index is 11.7. The van der Waals surface area contributed by atoms with Gasteiger partial charge in [0.15, 0.2) is 17.2 Å². The summed E-state index contributed by atoms with van der Waals surface area (Å²) in [7, 11) is 0. The number of hydrogen-bond donors (Lipinski definition) is 9. The predicted octanol–water partition coefficient (Wildman–Crippen LogP) is 18.2. The molecule has 0 atom stereocenters. The first-order valence-electron chi connectivity index (χ1n) is 33.9. The van der Waals surface area contributed by atoms with Crippen molar-refractivity contribution in [2.24, 2.45) is 0 Å². The second-order valence-electron chi connectivity index (χ2n) is 24.8. The smallest absolute Gasteiger partial charge is 0.154 e. The number of rotatable bonds is 3. The Hall–Kier alpha value is -15.7. The van der Waals surface area contributed by atoms with Crippen molar-refractivity contribution in [3.05, 3.63) is 319 Å². The van der Waals surface area contributed by atoms with Gasteiger partial charge in [-0.05, 0) is 260 Å². The standard InChI is InChI=1S/C96H63N3O9/c1-7-10-64-13-37-73(38-14-64)97-76-43-19-67(20-44-76)31-55-82-88(100)61(4)90(102)84(94(82)106)57-33-69-23-47-78(48-24-69)98(74-39-15-65(11-8-2)16-40-74)80-51-27-71(28-52-80)35-59-86-92(104)63(6)93(105)87(96(86)108)60-36-72-29-53-81(54-30-72)99(75-41-17-66(12-9-3)18-42-75)79-49-25-70(26-50-79)34-58-85-91(103)62(5)89(101)83(95(85)107)56-32-68-21-45-77(97)46-22-68/h13-30,37-54,100-108H,1-6H3. The molecule has 0 saturated carbocycles. The third kappa shape index (κ3) is 14.7. The van der Waals surface area contributed by atoms with Crippen molar-refractivity contribution in [1.82, 2.24) is 0 Å². The third-order valence-electron chi connectivity index (χ3n) is 17.9. The SMILES string of the molecule is CC#Cc1ccc(N2c3ccc(cc3)C#Cc3c(O)c(C)c(O)c(c3O)C#Cc3ccc(cc3)N(c3ccc(C#CC)cc3)c3ccc(cc3)C#Cc3c(O)c(C)c(O)c(c3O)C#Cc3ccc(cc3)N(c3ccc(C#CC)cc3)c3ccc(cc3)C#Cc3c(O)c(C)c(O)c(c3O)C#Cc3ccc2cc3)cc1. The fraction of sp³-hybridized carbons (Fsp3) is 0.0625. The summed E-state index contributed by atoms with van der Waals surface area (Å²) in [5.74, 6) is 50.2. The Balaban J connectivity index is 0.905. The number of aromatic hydroxyl groups is 9. The van der Waals surface area contributed by atoms with Crippen LogP contribution >= 0.6 is 0 Å². The molecule has 12 aromatic rings. The molecule has 108 heavy (non-hydrogen) atoms. The molecule has 516 valence electrons. The van der Waals surface area contributed by atoms with Crippen LogP contribution in [0.4, 0.5) is 51.2 Å². The van der Waals surface area contributed by atoms with Gasteiger partial charge in [0, 0.05) is 118 Å². The van der Waals surface area contributed by atoms with Crippen molar-refractivity contribution in [3.63, 3.8) is 0 Å². The number of nitrogens with zero attached hydrogens (tertiary/aromatic N) is 3. The average molecular weight is 1400 g/mol.